The molecule has 0 radical (unpaired) electrons. The molecule has 1 aliphatic carbocycles. The van der Waals surface area contributed by atoms with Gasteiger partial charge in [0, 0.05) is 0 Å². The molecule has 0 aromatic heterocycles. The first-order chi connectivity index (χ1) is 10.7. The number of benzene rings is 2. The molecule has 0 saturated carbocycles. The lowest BCUT2D eigenvalue weighted by Crippen LogP contribution is -2.20. The Labute approximate surface area is 129 Å². The van der Waals surface area contributed by atoms with E-state index >= 15 is 0 Å². The zero-order valence-corrected chi connectivity index (χ0v) is 12.3. The van der Waals surface area contributed by atoms with E-state index in [4.69, 9.17) is 4.74 Å². The Bertz CT molecular complexity index is 685. The average molecular weight is 299 g/mol. The summed E-state index contributed by atoms with van der Waals surface area (Å²) < 4.78 is 19.0. The molecule has 0 saturated heterocycles. The van der Waals surface area contributed by atoms with Crippen molar-refractivity contribution in [2.45, 2.75) is 25.7 Å². The van der Waals surface area contributed by atoms with Crippen LogP contribution in [0.25, 0.3) is 0 Å². The third-order valence-corrected chi connectivity index (χ3v) is 3.84. The molecule has 2 aromatic carbocycles. The maximum atomic E-state index is 13.4. The summed E-state index contributed by atoms with van der Waals surface area (Å²) in [5.74, 6) is -0.142. The Balaban J connectivity index is 1.58. The van der Waals surface area contributed by atoms with E-state index in [0.29, 0.717) is 5.75 Å². The number of para-hydroxylation sites is 1. The maximum Gasteiger partial charge on any atom is 0.262 e. The van der Waals surface area contributed by atoms with Crippen molar-refractivity contribution in [2.75, 3.05) is 11.9 Å². The highest BCUT2D eigenvalue weighted by molar-refractivity contribution is 5.91. The van der Waals surface area contributed by atoms with E-state index in [0.717, 1.165) is 12.8 Å². The standard InChI is InChI=1S/C18H18FNO2/c19-16-7-3-4-8-17(16)20-18(21)12-22-15-10-9-13-5-1-2-6-14(13)11-15/h3-4,7-11H,1-2,5-6,12H2,(H,20,21). The fourth-order valence-electron chi connectivity index (χ4n) is 2.70. The number of fused-ring (bicyclic) bond motifs is 1. The number of nitrogens with one attached hydrogen (secondary N) is 1. The fraction of sp³-hybridized carbons (Fsp3) is 0.278. The summed E-state index contributed by atoms with van der Waals surface area (Å²) in [6.45, 7) is -0.132. The van der Waals surface area contributed by atoms with Crippen molar-refractivity contribution in [3.05, 3.63) is 59.4 Å². The van der Waals surface area contributed by atoms with Crippen molar-refractivity contribution < 1.29 is 13.9 Å². The second-order valence-electron chi connectivity index (χ2n) is 5.45. The smallest absolute Gasteiger partial charge is 0.262 e. The normalized spacial score (nSPS) is 13.3. The lowest BCUT2D eigenvalue weighted by molar-refractivity contribution is -0.118. The molecule has 0 bridgehead atoms. The summed E-state index contributed by atoms with van der Waals surface area (Å²) in [4.78, 5) is 11.8. The first-order valence-electron chi connectivity index (χ1n) is 7.51. The number of carbonyl (C=O) groups is 1. The zero-order chi connectivity index (χ0) is 15.4. The van der Waals surface area contributed by atoms with E-state index in [9.17, 15) is 9.18 Å². The summed E-state index contributed by atoms with van der Waals surface area (Å²) >= 11 is 0. The number of hydrogen-bond acceptors (Lipinski definition) is 2. The van der Waals surface area contributed by atoms with Gasteiger partial charge in [-0.2, -0.15) is 0 Å². The van der Waals surface area contributed by atoms with Crippen molar-refractivity contribution in [1.82, 2.24) is 0 Å². The quantitative estimate of drug-likeness (QED) is 0.934. The molecule has 1 N–H and O–H groups in total. The lowest BCUT2D eigenvalue weighted by atomic mass is 9.92. The Hall–Kier alpha value is -2.36. The first kappa shape index (κ1) is 14.6. The summed E-state index contributed by atoms with van der Waals surface area (Å²) in [7, 11) is 0. The van der Waals surface area contributed by atoms with E-state index in [1.807, 2.05) is 12.1 Å². The van der Waals surface area contributed by atoms with Crippen molar-refractivity contribution in [3.8, 4) is 5.75 Å². The van der Waals surface area contributed by atoms with Crippen molar-refractivity contribution in [2.24, 2.45) is 0 Å². The van der Waals surface area contributed by atoms with Gasteiger partial charge in [-0.3, -0.25) is 4.79 Å². The molecule has 0 atom stereocenters. The molecule has 2 aromatic rings. The Morgan fingerprint density at radius 2 is 1.86 bits per heavy atom. The molecule has 3 rings (SSSR count). The average Bonchev–Trinajstić information content (AvgIpc) is 2.55. The summed E-state index contributed by atoms with van der Waals surface area (Å²) in [5, 5.41) is 2.50. The van der Waals surface area contributed by atoms with E-state index in [2.05, 4.69) is 11.4 Å². The van der Waals surface area contributed by atoms with Crippen LogP contribution in [0.5, 0.6) is 5.75 Å². The van der Waals surface area contributed by atoms with Crippen molar-refractivity contribution in [3.63, 3.8) is 0 Å². The monoisotopic (exact) mass is 299 g/mol. The highest BCUT2D eigenvalue weighted by Gasteiger charge is 2.11. The molecule has 0 heterocycles. The zero-order valence-electron chi connectivity index (χ0n) is 12.3. The minimum Gasteiger partial charge on any atom is -0.484 e. The highest BCUT2D eigenvalue weighted by atomic mass is 19.1. The van der Waals surface area contributed by atoms with Gasteiger partial charge in [-0.25, -0.2) is 4.39 Å². The summed E-state index contributed by atoms with van der Waals surface area (Å²) in [6, 6.07) is 12.0. The van der Waals surface area contributed by atoms with E-state index in [-0.39, 0.29) is 18.2 Å². The van der Waals surface area contributed by atoms with E-state index in [1.165, 1.54) is 36.1 Å². The molecule has 114 valence electrons. The largest absolute Gasteiger partial charge is 0.484 e. The number of amides is 1. The third-order valence-electron chi connectivity index (χ3n) is 3.84. The van der Waals surface area contributed by atoms with E-state index < -0.39 is 5.82 Å². The molecule has 0 spiro atoms. The molecule has 1 aliphatic rings. The van der Waals surface area contributed by atoms with Gasteiger partial charge in [-0.05, 0) is 61.1 Å². The van der Waals surface area contributed by atoms with Crippen LogP contribution in [0.4, 0.5) is 10.1 Å². The topological polar surface area (TPSA) is 38.3 Å². The summed E-state index contributed by atoms with van der Waals surface area (Å²) in [5.41, 5.74) is 2.84. The SMILES string of the molecule is O=C(COc1ccc2c(c1)CCCC2)Nc1ccccc1F. The van der Waals surface area contributed by atoms with Gasteiger partial charge in [0.15, 0.2) is 6.61 Å². The Kier molecular flexibility index (Phi) is 4.37. The van der Waals surface area contributed by atoms with Gasteiger partial charge in [0.05, 0.1) is 5.69 Å². The second-order valence-corrected chi connectivity index (χ2v) is 5.45. The predicted molar refractivity (Wildman–Crippen MR) is 83.6 cm³/mol. The van der Waals surface area contributed by atoms with Gasteiger partial charge in [-0.15, -0.1) is 0 Å². The van der Waals surface area contributed by atoms with Crippen molar-refractivity contribution >= 4 is 11.6 Å². The van der Waals surface area contributed by atoms with E-state index in [1.54, 1.807) is 12.1 Å². The van der Waals surface area contributed by atoms with Gasteiger partial charge < -0.3 is 10.1 Å². The molecule has 22 heavy (non-hydrogen) atoms. The Morgan fingerprint density at radius 3 is 2.68 bits per heavy atom. The minimum absolute atomic E-state index is 0.132. The molecular weight excluding hydrogens is 281 g/mol. The second kappa shape index (κ2) is 6.60. The van der Waals surface area contributed by atoms with Crippen LogP contribution in [-0.2, 0) is 17.6 Å². The molecule has 4 heteroatoms. The Morgan fingerprint density at radius 1 is 1.09 bits per heavy atom. The van der Waals surface area contributed by atoms with Gasteiger partial charge in [0.1, 0.15) is 11.6 Å². The van der Waals surface area contributed by atoms with Crippen LogP contribution in [0.15, 0.2) is 42.5 Å². The van der Waals surface area contributed by atoms with Gasteiger partial charge in [0.25, 0.3) is 5.91 Å². The number of aryl methyl sites for hydroxylation is 2. The lowest BCUT2D eigenvalue weighted by Gasteiger charge is -2.16. The van der Waals surface area contributed by atoms with Crippen LogP contribution in [0, 0.1) is 5.82 Å². The molecule has 0 aliphatic heterocycles. The van der Waals surface area contributed by atoms with Gasteiger partial charge in [0.2, 0.25) is 0 Å². The number of anilines is 1. The van der Waals surface area contributed by atoms with Crippen LogP contribution in [-0.4, -0.2) is 12.5 Å². The number of hydrogen-bond donors (Lipinski definition) is 1. The van der Waals surface area contributed by atoms with Crippen LogP contribution < -0.4 is 10.1 Å². The van der Waals surface area contributed by atoms with Gasteiger partial charge in [-0.1, -0.05) is 18.2 Å². The van der Waals surface area contributed by atoms with Crippen LogP contribution in [0.2, 0.25) is 0 Å². The number of carbonyl (C=O) groups excluding carboxylic acids is 1. The fourth-order valence-corrected chi connectivity index (χ4v) is 2.70. The molecule has 1 amide bonds. The first-order valence-corrected chi connectivity index (χ1v) is 7.51. The highest BCUT2D eigenvalue weighted by Crippen LogP contribution is 2.25. The third kappa shape index (κ3) is 3.45. The maximum absolute atomic E-state index is 13.4. The molecule has 3 nitrogen and oxygen atoms in total. The summed E-state index contributed by atoms with van der Waals surface area (Å²) in [6.07, 6.45) is 4.61. The number of ether oxygens (including phenoxy) is 1. The predicted octanol–water partition coefficient (Wildman–Crippen LogP) is 3.72. The van der Waals surface area contributed by atoms with Crippen LogP contribution >= 0.6 is 0 Å². The van der Waals surface area contributed by atoms with Crippen LogP contribution in [0.1, 0.15) is 24.0 Å². The molecule has 0 fully saturated rings. The number of halogens is 1. The molecule has 0 unspecified atom stereocenters. The van der Waals surface area contributed by atoms with Crippen molar-refractivity contribution in [1.29, 1.82) is 0 Å². The molecular formula is C18H18FNO2. The number of rotatable bonds is 4. The van der Waals surface area contributed by atoms with Gasteiger partial charge >= 0.3 is 0 Å². The van der Waals surface area contributed by atoms with Crippen LogP contribution in [0.3, 0.4) is 0 Å². The minimum atomic E-state index is -0.454.